The lowest BCUT2D eigenvalue weighted by Crippen LogP contribution is -2.63. The Hall–Kier alpha value is -2.14. The highest BCUT2D eigenvalue weighted by Crippen LogP contribution is 2.30. The van der Waals surface area contributed by atoms with Gasteiger partial charge in [-0.1, -0.05) is 44.2 Å². The zero-order chi connectivity index (χ0) is 30.0. The van der Waals surface area contributed by atoms with Crippen molar-refractivity contribution >= 4 is 29.5 Å². The molecule has 4 atom stereocenters. The summed E-state index contributed by atoms with van der Waals surface area (Å²) in [5.74, 6) is -1.32. The number of Topliss-reactive ketones (excluding diaryl/α,β-unsaturated/α-hetero) is 1. The van der Waals surface area contributed by atoms with Crippen LogP contribution in [0.15, 0.2) is 30.3 Å². The Bertz CT molecular complexity index is 920. The lowest BCUT2D eigenvalue weighted by molar-refractivity contribution is -0.134. The number of aliphatic hydroxyl groups is 1. The number of carbonyl (C=O) groups excluding carboxylic acids is 3. The number of rotatable bonds is 15. The molecule has 0 radical (unpaired) electrons. The highest BCUT2D eigenvalue weighted by Gasteiger charge is 2.44. The standard InChI is InChI=1S/C29H51N5O4S/c1-19(2)15-16-34(27(38)33-28(3,4)5)26(30)24(37)21(17-20-13-11-10-12-14-20)23(36)25(29(6,7)39-9)32-22(35)18-31-8/h10-14,19,21,24-26,31,37H,15-18,30H2,1-9H3,(H,32,35)(H,33,38)/t21-,24-,25-,26?/m1/s1. The molecular weight excluding hydrogens is 514 g/mol. The second kappa shape index (κ2) is 15.6. The zero-order valence-electron chi connectivity index (χ0n) is 25.2. The minimum atomic E-state index is -1.38. The number of hydrogen-bond donors (Lipinski definition) is 5. The number of thioether (sulfide) groups is 1. The number of amides is 3. The molecule has 1 rings (SSSR count). The first-order chi connectivity index (χ1) is 18.0. The summed E-state index contributed by atoms with van der Waals surface area (Å²) >= 11 is 1.45. The van der Waals surface area contributed by atoms with Crippen LogP contribution in [0.1, 0.15) is 60.5 Å². The molecule has 3 amide bonds. The molecule has 0 heterocycles. The molecule has 1 unspecified atom stereocenters. The number of nitrogens with zero attached hydrogens (tertiary/aromatic N) is 1. The molecule has 0 spiro atoms. The Kier molecular flexibility index (Phi) is 14.0. The zero-order valence-corrected chi connectivity index (χ0v) is 26.0. The third-order valence-electron chi connectivity index (χ3n) is 6.62. The first kappa shape index (κ1) is 34.9. The topological polar surface area (TPSA) is 137 Å². The van der Waals surface area contributed by atoms with E-state index in [1.54, 1.807) is 7.05 Å². The van der Waals surface area contributed by atoms with Crippen LogP contribution in [0.2, 0.25) is 0 Å². The Labute approximate surface area is 239 Å². The minimum Gasteiger partial charge on any atom is -0.389 e. The summed E-state index contributed by atoms with van der Waals surface area (Å²) in [6.07, 6.45) is 0.240. The molecule has 0 aromatic heterocycles. The van der Waals surface area contributed by atoms with Gasteiger partial charge in [0.05, 0.1) is 18.6 Å². The summed E-state index contributed by atoms with van der Waals surface area (Å²) in [7, 11) is 1.66. The van der Waals surface area contributed by atoms with E-state index in [2.05, 4.69) is 16.0 Å². The number of nitrogens with one attached hydrogen (secondary N) is 3. The van der Waals surface area contributed by atoms with Crippen molar-refractivity contribution in [2.24, 2.45) is 17.6 Å². The van der Waals surface area contributed by atoms with Gasteiger partial charge in [0.25, 0.3) is 0 Å². The highest BCUT2D eigenvalue weighted by atomic mass is 32.2. The van der Waals surface area contributed by atoms with E-state index in [9.17, 15) is 19.5 Å². The highest BCUT2D eigenvalue weighted by molar-refractivity contribution is 8.00. The van der Waals surface area contributed by atoms with Gasteiger partial charge in [-0.2, -0.15) is 11.8 Å². The van der Waals surface area contributed by atoms with E-state index in [1.807, 2.05) is 85.1 Å². The fourth-order valence-electron chi connectivity index (χ4n) is 4.15. The molecular formula is C29H51N5O4S. The second-order valence-corrected chi connectivity index (χ2v) is 13.5. The van der Waals surface area contributed by atoms with E-state index in [-0.39, 0.29) is 24.7 Å². The molecule has 10 heteroatoms. The molecule has 0 bridgehead atoms. The Morgan fingerprint density at radius 1 is 1.08 bits per heavy atom. The third-order valence-corrected chi connectivity index (χ3v) is 7.91. The van der Waals surface area contributed by atoms with E-state index in [4.69, 9.17) is 5.73 Å². The fourth-order valence-corrected chi connectivity index (χ4v) is 4.56. The van der Waals surface area contributed by atoms with Crippen LogP contribution in [-0.2, 0) is 16.0 Å². The SMILES string of the molecule is CNCC(=O)N[C@H](C(=O)[C@@H](Cc1ccccc1)[C@@H](O)C(N)N(CCC(C)C)C(=O)NC(C)(C)C)C(C)(C)SC. The molecule has 1 aromatic carbocycles. The van der Waals surface area contributed by atoms with Crippen molar-refractivity contribution in [1.82, 2.24) is 20.9 Å². The van der Waals surface area contributed by atoms with Gasteiger partial charge in [0.2, 0.25) is 5.91 Å². The van der Waals surface area contributed by atoms with Gasteiger partial charge in [0.15, 0.2) is 5.78 Å². The molecule has 39 heavy (non-hydrogen) atoms. The van der Waals surface area contributed by atoms with Crippen molar-refractivity contribution in [3.8, 4) is 0 Å². The van der Waals surface area contributed by atoms with Gasteiger partial charge in [-0.15, -0.1) is 0 Å². The number of ketones is 1. The van der Waals surface area contributed by atoms with Crippen molar-refractivity contribution < 1.29 is 19.5 Å². The van der Waals surface area contributed by atoms with Crippen LogP contribution in [0.25, 0.3) is 0 Å². The number of aliphatic hydroxyl groups excluding tert-OH is 1. The van der Waals surface area contributed by atoms with Gasteiger partial charge in [0.1, 0.15) is 12.2 Å². The Morgan fingerprint density at radius 3 is 2.15 bits per heavy atom. The molecule has 0 aliphatic rings. The molecule has 0 fully saturated rings. The molecule has 9 nitrogen and oxygen atoms in total. The number of likely N-dealkylation sites (N-methyl/N-ethyl adjacent to an activating group) is 1. The summed E-state index contributed by atoms with van der Waals surface area (Å²) in [4.78, 5) is 41.6. The van der Waals surface area contributed by atoms with Crippen LogP contribution in [0.4, 0.5) is 4.79 Å². The minimum absolute atomic E-state index is 0.0512. The molecule has 222 valence electrons. The molecule has 1 aromatic rings. The van der Waals surface area contributed by atoms with Gasteiger partial charge in [-0.25, -0.2) is 4.79 Å². The molecule has 0 saturated heterocycles. The van der Waals surface area contributed by atoms with E-state index in [0.29, 0.717) is 18.9 Å². The van der Waals surface area contributed by atoms with Crippen molar-refractivity contribution in [3.05, 3.63) is 35.9 Å². The average Bonchev–Trinajstić information content (AvgIpc) is 2.84. The lowest BCUT2D eigenvalue weighted by Gasteiger charge is -2.40. The van der Waals surface area contributed by atoms with E-state index in [1.165, 1.54) is 16.7 Å². The third kappa shape index (κ3) is 11.5. The van der Waals surface area contributed by atoms with Gasteiger partial charge in [-0.3, -0.25) is 9.59 Å². The maximum Gasteiger partial charge on any atom is 0.319 e. The average molecular weight is 566 g/mol. The predicted octanol–water partition coefficient (Wildman–Crippen LogP) is 2.76. The number of carbonyl (C=O) groups is 3. The first-order valence-corrected chi connectivity index (χ1v) is 14.9. The van der Waals surface area contributed by atoms with Gasteiger partial charge >= 0.3 is 6.03 Å². The van der Waals surface area contributed by atoms with Crippen LogP contribution in [0.5, 0.6) is 0 Å². The van der Waals surface area contributed by atoms with Crippen LogP contribution < -0.4 is 21.7 Å². The predicted molar refractivity (Wildman–Crippen MR) is 161 cm³/mol. The fraction of sp³-hybridized carbons (Fsp3) is 0.690. The number of urea groups is 1. The second-order valence-electron chi connectivity index (χ2n) is 12.1. The summed E-state index contributed by atoms with van der Waals surface area (Å²) in [5, 5.41) is 20.3. The summed E-state index contributed by atoms with van der Waals surface area (Å²) in [6.45, 7) is 13.9. The number of hydrogen-bond acceptors (Lipinski definition) is 7. The van der Waals surface area contributed by atoms with Crippen LogP contribution in [0.3, 0.4) is 0 Å². The van der Waals surface area contributed by atoms with Crippen molar-refractivity contribution in [3.63, 3.8) is 0 Å². The van der Waals surface area contributed by atoms with E-state index in [0.717, 1.165) is 5.56 Å². The Balaban J connectivity index is 3.51. The van der Waals surface area contributed by atoms with Gasteiger partial charge in [0, 0.05) is 16.8 Å². The first-order valence-electron chi connectivity index (χ1n) is 13.6. The van der Waals surface area contributed by atoms with Gasteiger partial charge < -0.3 is 31.7 Å². The van der Waals surface area contributed by atoms with Crippen molar-refractivity contribution in [2.45, 2.75) is 89.9 Å². The summed E-state index contributed by atoms with van der Waals surface area (Å²) in [5.41, 5.74) is 6.94. The molecule has 0 aliphatic heterocycles. The number of nitrogens with two attached hydrogens (primary N) is 1. The normalized spacial score (nSPS) is 15.3. The monoisotopic (exact) mass is 565 g/mol. The Morgan fingerprint density at radius 2 is 1.67 bits per heavy atom. The quantitative estimate of drug-likeness (QED) is 0.206. The van der Waals surface area contributed by atoms with E-state index < -0.39 is 40.5 Å². The summed E-state index contributed by atoms with van der Waals surface area (Å²) < 4.78 is -0.666. The van der Waals surface area contributed by atoms with Crippen LogP contribution >= 0.6 is 11.8 Å². The smallest absolute Gasteiger partial charge is 0.319 e. The van der Waals surface area contributed by atoms with Crippen molar-refractivity contribution in [1.29, 1.82) is 0 Å². The molecule has 6 N–H and O–H groups in total. The van der Waals surface area contributed by atoms with Gasteiger partial charge in [-0.05, 0) is 72.2 Å². The van der Waals surface area contributed by atoms with Crippen LogP contribution in [0, 0.1) is 11.8 Å². The molecule has 0 aliphatic carbocycles. The van der Waals surface area contributed by atoms with E-state index >= 15 is 0 Å². The molecule has 0 saturated carbocycles. The summed E-state index contributed by atoms with van der Waals surface area (Å²) in [6, 6.07) is 8.09. The maximum absolute atomic E-state index is 14.2. The maximum atomic E-state index is 14.2. The van der Waals surface area contributed by atoms with Crippen LogP contribution in [-0.4, -0.2) is 82.7 Å². The largest absolute Gasteiger partial charge is 0.389 e. The number of benzene rings is 1. The van der Waals surface area contributed by atoms with Crippen molar-refractivity contribution in [2.75, 3.05) is 26.4 Å². The lowest BCUT2D eigenvalue weighted by atomic mass is 9.82.